The zero-order chi connectivity index (χ0) is 24.7. The molecular weight excluding hydrogens is 459 g/mol. The van der Waals surface area contributed by atoms with Gasteiger partial charge in [0.2, 0.25) is 5.43 Å². The van der Waals surface area contributed by atoms with E-state index in [2.05, 4.69) is 11.8 Å². The van der Waals surface area contributed by atoms with Crippen LogP contribution in [-0.4, -0.2) is 48.2 Å². The third kappa shape index (κ3) is 4.77. The van der Waals surface area contributed by atoms with Gasteiger partial charge in [-0.1, -0.05) is 6.92 Å². The van der Waals surface area contributed by atoms with Gasteiger partial charge in [-0.25, -0.2) is 18.0 Å². The highest BCUT2D eigenvalue weighted by Crippen LogP contribution is 2.38. The number of aromatic nitrogens is 1. The summed E-state index contributed by atoms with van der Waals surface area (Å²) in [5, 5.41) is 0.108. The minimum Gasteiger partial charge on any atom is -0.457 e. The maximum Gasteiger partial charge on any atom is 0.343 e. The summed E-state index contributed by atoms with van der Waals surface area (Å²) in [6.45, 7) is 5.70. The summed E-state index contributed by atoms with van der Waals surface area (Å²) in [7, 11) is 0. The molecule has 184 valence electrons. The van der Waals surface area contributed by atoms with Crippen LogP contribution >= 0.6 is 0 Å². The third-order valence-corrected chi connectivity index (χ3v) is 6.71. The lowest BCUT2D eigenvalue weighted by molar-refractivity contribution is 0.0469. The van der Waals surface area contributed by atoms with Crippen LogP contribution in [0.15, 0.2) is 41.3 Å². The Morgan fingerprint density at radius 3 is 2.31 bits per heavy atom. The van der Waals surface area contributed by atoms with Gasteiger partial charge in [-0.05, 0) is 49.2 Å². The quantitative estimate of drug-likeness (QED) is 0.489. The molecule has 2 heterocycles. The molecule has 0 radical (unpaired) electrons. The van der Waals surface area contributed by atoms with Crippen molar-refractivity contribution in [1.29, 1.82) is 0 Å². The van der Waals surface area contributed by atoms with E-state index in [1.807, 2.05) is 9.47 Å². The van der Waals surface area contributed by atoms with Crippen molar-refractivity contribution in [3.05, 3.63) is 75.3 Å². The molecule has 3 aromatic rings. The molecule has 2 aromatic carbocycles. The summed E-state index contributed by atoms with van der Waals surface area (Å²) in [5.41, 5.74) is 0.289. The summed E-state index contributed by atoms with van der Waals surface area (Å²) < 4.78 is 49.1. The minimum absolute atomic E-state index is 0.108. The summed E-state index contributed by atoms with van der Waals surface area (Å²) >= 11 is 0. The molecular formula is C26H26F3N3O3. The Labute approximate surface area is 200 Å². The van der Waals surface area contributed by atoms with Gasteiger partial charge >= 0.3 is 5.97 Å². The van der Waals surface area contributed by atoms with Crippen molar-refractivity contribution < 1.29 is 22.7 Å². The number of halogens is 3. The van der Waals surface area contributed by atoms with E-state index in [9.17, 15) is 18.4 Å². The first-order valence-corrected chi connectivity index (χ1v) is 11.8. The van der Waals surface area contributed by atoms with Crippen LogP contribution in [0.25, 0.3) is 10.9 Å². The first-order chi connectivity index (χ1) is 16.8. The van der Waals surface area contributed by atoms with Gasteiger partial charge in [0, 0.05) is 49.9 Å². The first kappa shape index (κ1) is 23.4. The molecule has 0 unspecified atom stereocenters. The topological polar surface area (TPSA) is 54.8 Å². The highest BCUT2D eigenvalue weighted by Gasteiger charge is 2.29. The number of rotatable bonds is 6. The number of hydrogen-bond acceptors (Lipinski definition) is 5. The molecule has 9 heteroatoms. The molecule has 0 amide bonds. The molecule has 1 saturated carbocycles. The maximum atomic E-state index is 15.2. The van der Waals surface area contributed by atoms with Crippen LogP contribution in [0.5, 0.6) is 0 Å². The zero-order valence-corrected chi connectivity index (χ0v) is 19.4. The van der Waals surface area contributed by atoms with E-state index in [-0.39, 0.29) is 22.6 Å². The fourth-order valence-corrected chi connectivity index (χ4v) is 4.63. The van der Waals surface area contributed by atoms with Crippen LogP contribution in [0.1, 0.15) is 41.7 Å². The van der Waals surface area contributed by atoms with Crippen LogP contribution in [0.3, 0.4) is 0 Å². The Bertz CT molecular complexity index is 1320. The second-order valence-corrected chi connectivity index (χ2v) is 9.11. The predicted octanol–water partition coefficient (Wildman–Crippen LogP) is 4.25. The molecule has 1 aromatic heterocycles. The van der Waals surface area contributed by atoms with Crippen molar-refractivity contribution in [2.45, 2.75) is 32.4 Å². The monoisotopic (exact) mass is 485 g/mol. The predicted molar refractivity (Wildman–Crippen MR) is 126 cm³/mol. The Hall–Kier alpha value is -3.33. The standard InChI is InChI=1S/C26H26F3N3O3/c1-2-30-5-7-31(8-6-30)24-13-23-20(12-22(24)29)25(33)21(14-32(23)19-3-4-19)26(34)35-15-16-9-17(27)11-18(28)10-16/h9-14,19H,2-8,15H2,1H3. The first-order valence-electron chi connectivity index (χ1n) is 11.8. The van der Waals surface area contributed by atoms with Crippen LogP contribution in [-0.2, 0) is 11.3 Å². The van der Waals surface area contributed by atoms with Gasteiger partial charge in [-0.3, -0.25) is 4.79 Å². The molecule has 0 spiro atoms. The van der Waals surface area contributed by atoms with Crippen LogP contribution in [0, 0.1) is 17.5 Å². The molecule has 1 aliphatic carbocycles. The number of piperazine rings is 1. The van der Waals surface area contributed by atoms with Crippen molar-refractivity contribution in [3.8, 4) is 0 Å². The highest BCUT2D eigenvalue weighted by molar-refractivity contribution is 5.94. The van der Waals surface area contributed by atoms with E-state index in [1.54, 1.807) is 6.07 Å². The largest absolute Gasteiger partial charge is 0.457 e. The molecule has 0 atom stereocenters. The molecule has 35 heavy (non-hydrogen) atoms. The number of benzene rings is 2. The van der Waals surface area contributed by atoms with Gasteiger partial charge in [0.25, 0.3) is 0 Å². The Morgan fingerprint density at radius 2 is 1.69 bits per heavy atom. The van der Waals surface area contributed by atoms with Gasteiger partial charge in [0.05, 0.1) is 11.2 Å². The number of fused-ring (bicyclic) bond motifs is 1. The summed E-state index contributed by atoms with van der Waals surface area (Å²) in [6, 6.07) is 5.84. The van der Waals surface area contributed by atoms with Gasteiger partial charge in [-0.15, -0.1) is 0 Å². The second kappa shape index (κ2) is 9.37. The lowest BCUT2D eigenvalue weighted by Gasteiger charge is -2.35. The van der Waals surface area contributed by atoms with Gasteiger partial charge in [0.15, 0.2) is 0 Å². The number of pyridine rings is 1. The van der Waals surface area contributed by atoms with Crippen LogP contribution in [0.2, 0.25) is 0 Å². The normalized spacial score (nSPS) is 16.6. The van der Waals surface area contributed by atoms with Crippen molar-refractivity contribution >= 4 is 22.6 Å². The molecule has 1 saturated heterocycles. The van der Waals surface area contributed by atoms with Crippen molar-refractivity contribution in [2.24, 2.45) is 0 Å². The lowest BCUT2D eigenvalue weighted by atomic mass is 10.1. The molecule has 5 rings (SSSR count). The minimum atomic E-state index is -0.920. The number of carbonyl (C=O) groups is 1. The summed E-state index contributed by atoms with van der Waals surface area (Å²) in [6.07, 6.45) is 3.24. The Balaban J connectivity index is 1.47. The average molecular weight is 486 g/mol. The number of hydrogen-bond donors (Lipinski definition) is 0. The molecule has 2 fully saturated rings. The molecule has 1 aliphatic heterocycles. The third-order valence-electron chi connectivity index (χ3n) is 6.71. The number of likely N-dealkylation sites (N-methyl/N-ethyl adjacent to an activating group) is 1. The van der Waals surface area contributed by atoms with E-state index in [1.165, 1.54) is 12.3 Å². The Kier molecular flexibility index (Phi) is 6.27. The summed E-state index contributed by atoms with van der Waals surface area (Å²) in [5.74, 6) is -3.01. The van der Waals surface area contributed by atoms with E-state index < -0.39 is 35.5 Å². The average Bonchev–Trinajstić information content (AvgIpc) is 3.68. The van der Waals surface area contributed by atoms with E-state index in [0.717, 1.165) is 50.7 Å². The zero-order valence-electron chi connectivity index (χ0n) is 19.4. The number of anilines is 1. The number of nitrogens with zero attached hydrogens (tertiary/aromatic N) is 3. The second-order valence-electron chi connectivity index (χ2n) is 9.11. The van der Waals surface area contributed by atoms with Gasteiger partial charge < -0.3 is 19.1 Å². The highest BCUT2D eigenvalue weighted by atomic mass is 19.1. The van der Waals surface area contributed by atoms with Crippen molar-refractivity contribution in [1.82, 2.24) is 9.47 Å². The molecule has 0 bridgehead atoms. The van der Waals surface area contributed by atoms with Gasteiger partial charge in [0.1, 0.15) is 29.6 Å². The number of carbonyl (C=O) groups excluding carboxylic acids is 1. The fraction of sp³-hybridized carbons (Fsp3) is 0.385. The van der Waals surface area contributed by atoms with Crippen molar-refractivity contribution in [2.75, 3.05) is 37.6 Å². The van der Waals surface area contributed by atoms with Crippen LogP contribution in [0.4, 0.5) is 18.9 Å². The van der Waals surface area contributed by atoms with Crippen LogP contribution < -0.4 is 10.3 Å². The molecule has 6 nitrogen and oxygen atoms in total. The fourth-order valence-electron chi connectivity index (χ4n) is 4.63. The molecule has 0 N–H and O–H groups in total. The van der Waals surface area contributed by atoms with E-state index in [0.29, 0.717) is 24.3 Å². The molecule has 2 aliphatic rings. The maximum absolute atomic E-state index is 15.2. The number of ether oxygens (including phenoxy) is 1. The van der Waals surface area contributed by atoms with E-state index in [4.69, 9.17) is 4.74 Å². The Morgan fingerprint density at radius 1 is 1.00 bits per heavy atom. The smallest absolute Gasteiger partial charge is 0.343 e. The van der Waals surface area contributed by atoms with Crippen molar-refractivity contribution in [3.63, 3.8) is 0 Å². The van der Waals surface area contributed by atoms with E-state index >= 15 is 4.39 Å². The number of esters is 1. The lowest BCUT2D eigenvalue weighted by Crippen LogP contribution is -2.46. The summed E-state index contributed by atoms with van der Waals surface area (Å²) in [4.78, 5) is 30.2. The SMILES string of the molecule is CCN1CCN(c2cc3c(cc2F)c(=O)c(C(=O)OCc2cc(F)cc(F)c2)cn3C2CC2)CC1. The van der Waals surface area contributed by atoms with Gasteiger partial charge in [-0.2, -0.15) is 0 Å².